The molecule has 8 heteroatoms. The first-order chi connectivity index (χ1) is 21.6. The van der Waals surface area contributed by atoms with Crippen molar-refractivity contribution in [1.29, 1.82) is 0 Å². The molecular formula is C36H36N2O6. The number of hydrogen-bond acceptors (Lipinski definition) is 8. The smallest absolute Gasteiger partial charge is 0.231 e. The molecule has 0 aliphatic carbocycles. The van der Waals surface area contributed by atoms with Crippen LogP contribution in [0.15, 0.2) is 60.7 Å². The lowest BCUT2D eigenvalue weighted by molar-refractivity contribution is 0.171. The highest BCUT2D eigenvalue weighted by molar-refractivity contribution is 5.64. The molecule has 4 aliphatic rings. The maximum atomic E-state index is 6.94. The quantitative estimate of drug-likeness (QED) is 0.282. The standard InChI is InChI=1S/C36H36N2O6/c1-38-12-10-23-17-30(40-3)32-19-26(23)28(38)15-22-7-8-29(39-2)31(16-22)43-25-6-4-5-21(13-25)14-27-34-24(9-11-37-27)18-33-35(36(34)44-32)42-20-41-33/h4-8,13,16-19,27-28,37H,9-12,14-15,20H2,1-3H3. The van der Waals surface area contributed by atoms with Crippen LogP contribution in [0, 0.1) is 0 Å². The molecule has 6 bridgehead atoms. The molecule has 0 spiro atoms. The zero-order chi connectivity index (χ0) is 29.8. The summed E-state index contributed by atoms with van der Waals surface area (Å²) in [5.74, 6) is 5.63. The average Bonchev–Trinajstić information content (AvgIpc) is 3.51. The van der Waals surface area contributed by atoms with E-state index in [2.05, 4.69) is 59.7 Å². The summed E-state index contributed by atoms with van der Waals surface area (Å²) in [6, 6.07) is 21.1. The van der Waals surface area contributed by atoms with E-state index >= 15 is 0 Å². The molecule has 226 valence electrons. The second-order valence-electron chi connectivity index (χ2n) is 12.0. The zero-order valence-electron chi connectivity index (χ0n) is 25.3. The normalized spacial score (nSPS) is 20.1. The highest BCUT2D eigenvalue weighted by atomic mass is 16.7. The molecule has 44 heavy (non-hydrogen) atoms. The minimum atomic E-state index is -0.00504. The Morgan fingerprint density at radius 2 is 1.64 bits per heavy atom. The Morgan fingerprint density at radius 1 is 0.773 bits per heavy atom. The van der Waals surface area contributed by atoms with Gasteiger partial charge in [-0.3, -0.25) is 4.90 Å². The van der Waals surface area contributed by atoms with Crippen molar-refractivity contribution in [3.05, 3.63) is 94.0 Å². The van der Waals surface area contributed by atoms with Gasteiger partial charge in [-0.1, -0.05) is 18.2 Å². The van der Waals surface area contributed by atoms with Crippen LogP contribution >= 0.6 is 0 Å². The number of fused-ring (bicyclic) bond motifs is 7. The van der Waals surface area contributed by atoms with Gasteiger partial charge in [-0.25, -0.2) is 0 Å². The first kappa shape index (κ1) is 27.2. The van der Waals surface area contributed by atoms with E-state index in [4.69, 9.17) is 28.4 Å². The Balaban J connectivity index is 1.34. The highest BCUT2D eigenvalue weighted by Gasteiger charge is 2.34. The third-order valence-corrected chi connectivity index (χ3v) is 9.36. The van der Waals surface area contributed by atoms with Gasteiger partial charge >= 0.3 is 0 Å². The summed E-state index contributed by atoms with van der Waals surface area (Å²) in [6.45, 7) is 1.97. The minimum absolute atomic E-state index is 0.00504. The van der Waals surface area contributed by atoms with Crippen LogP contribution in [0.2, 0.25) is 0 Å². The Kier molecular flexibility index (Phi) is 6.76. The van der Waals surface area contributed by atoms with Crippen LogP contribution in [0.5, 0.6) is 46.0 Å². The van der Waals surface area contributed by atoms with Crippen LogP contribution < -0.4 is 33.7 Å². The van der Waals surface area contributed by atoms with Crippen LogP contribution in [0.4, 0.5) is 0 Å². The fourth-order valence-corrected chi connectivity index (χ4v) is 7.12. The van der Waals surface area contributed by atoms with Crippen LogP contribution in [0.1, 0.15) is 45.5 Å². The van der Waals surface area contributed by atoms with Gasteiger partial charge in [0.05, 0.1) is 14.2 Å². The van der Waals surface area contributed by atoms with Crippen LogP contribution in [-0.4, -0.2) is 46.0 Å². The molecule has 4 aromatic rings. The number of methoxy groups -OCH3 is 2. The fourth-order valence-electron chi connectivity index (χ4n) is 7.12. The van der Waals surface area contributed by atoms with E-state index in [9.17, 15) is 0 Å². The summed E-state index contributed by atoms with van der Waals surface area (Å²) in [7, 11) is 5.58. The number of benzene rings is 4. The maximum absolute atomic E-state index is 6.94. The number of ether oxygens (including phenoxy) is 6. The molecule has 0 fully saturated rings. The molecule has 4 aromatic carbocycles. The van der Waals surface area contributed by atoms with Crippen LogP contribution in [-0.2, 0) is 25.7 Å². The summed E-state index contributed by atoms with van der Waals surface area (Å²) < 4.78 is 37.1. The van der Waals surface area contributed by atoms with Gasteiger partial charge in [0.15, 0.2) is 34.5 Å². The molecular weight excluding hydrogens is 556 g/mol. The van der Waals surface area contributed by atoms with E-state index in [1.807, 2.05) is 18.2 Å². The van der Waals surface area contributed by atoms with Crippen molar-refractivity contribution in [2.75, 3.05) is 41.1 Å². The van der Waals surface area contributed by atoms with Gasteiger partial charge in [0, 0.05) is 24.2 Å². The van der Waals surface area contributed by atoms with Gasteiger partial charge in [0.25, 0.3) is 0 Å². The first-order valence-electron chi connectivity index (χ1n) is 15.3. The molecule has 0 aromatic heterocycles. The van der Waals surface area contributed by atoms with E-state index in [1.54, 1.807) is 14.2 Å². The first-order valence-corrected chi connectivity index (χ1v) is 15.3. The molecule has 4 aliphatic heterocycles. The van der Waals surface area contributed by atoms with Crippen molar-refractivity contribution < 1.29 is 28.4 Å². The molecule has 0 saturated heterocycles. The number of likely N-dealkylation sites (N-methyl/N-ethyl adjacent to an activating group) is 1. The van der Waals surface area contributed by atoms with E-state index in [0.29, 0.717) is 34.5 Å². The topological polar surface area (TPSA) is 70.7 Å². The number of nitrogens with one attached hydrogen (secondary N) is 1. The number of hydrogen-bond donors (Lipinski definition) is 1. The van der Waals surface area contributed by atoms with Gasteiger partial charge in [0.1, 0.15) is 5.75 Å². The Labute approximate surface area is 257 Å². The van der Waals surface area contributed by atoms with E-state index in [0.717, 1.165) is 67.0 Å². The van der Waals surface area contributed by atoms with E-state index < -0.39 is 0 Å². The van der Waals surface area contributed by atoms with Crippen molar-refractivity contribution in [3.8, 4) is 46.0 Å². The van der Waals surface area contributed by atoms with Crippen molar-refractivity contribution in [3.63, 3.8) is 0 Å². The fraction of sp³-hybridized carbons (Fsp3) is 0.333. The molecule has 4 heterocycles. The lowest BCUT2D eigenvalue weighted by Gasteiger charge is -2.35. The average molecular weight is 593 g/mol. The highest BCUT2D eigenvalue weighted by Crippen LogP contribution is 2.52. The molecule has 0 radical (unpaired) electrons. The number of nitrogens with zero attached hydrogens (tertiary/aromatic N) is 1. The predicted octanol–water partition coefficient (Wildman–Crippen LogP) is 6.53. The number of rotatable bonds is 2. The SMILES string of the molecule is COc1ccc2cc1Oc1cccc(c1)CC1NCCc3cc4c(c(c31)Oc1cc3c(cc1OC)CCN(C)C3C2)OCO4. The van der Waals surface area contributed by atoms with Gasteiger partial charge in [-0.15, -0.1) is 0 Å². The summed E-state index contributed by atoms with van der Waals surface area (Å²) in [5.41, 5.74) is 7.12. The lowest BCUT2D eigenvalue weighted by atomic mass is 9.88. The monoisotopic (exact) mass is 592 g/mol. The Hall–Kier alpha value is -4.40. The summed E-state index contributed by atoms with van der Waals surface area (Å²) in [6.07, 6.45) is 3.34. The van der Waals surface area contributed by atoms with Crippen molar-refractivity contribution in [2.45, 2.75) is 37.8 Å². The lowest BCUT2D eigenvalue weighted by Crippen LogP contribution is -2.33. The second-order valence-corrected chi connectivity index (χ2v) is 12.0. The van der Waals surface area contributed by atoms with Gasteiger partial charge in [-0.05, 0) is 110 Å². The largest absolute Gasteiger partial charge is 0.493 e. The summed E-state index contributed by atoms with van der Waals surface area (Å²) in [5, 5.41) is 3.75. The third kappa shape index (κ3) is 4.69. The van der Waals surface area contributed by atoms with E-state index in [-0.39, 0.29) is 18.9 Å². The van der Waals surface area contributed by atoms with Gasteiger partial charge < -0.3 is 33.7 Å². The van der Waals surface area contributed by atoms with Crippen LogP contribution in [0.25, 0.3) is 0 Å². The Morgan fingerprint density at radius 3 is 2.52 bits per heavy atom. The molecule has 8 nitrogen and oxygen atoms in total. The zero-order valence-corrected chi connectivity index (χ0v) is 25.3. The third-order valence-electron chi connectivity index (χ3n) is 9.36. The predicted molar refractivity (Wildman–Crippen MR) is 166 cm³/mol. The molecule has 0 saturated carbocycles. The van der Waals surface area contributed by atoms with Crippen molar-refractivity contribution in [2.24, 2.45) is 0 Å². The minimum Gasteiger partial charge on any atom is -0.493 e. The van der Waals surface area contributed by atoms with Crippen molar-refractivity contribution in [1.82, 2.24) is 10.2 Å². The molecule has 2 atom stereocenters. The molecule has 0 amide bonds. The van der Waals surface area contributed by atoms with Crippen molar-refractivity contribution >= 4 is 0 Å². The second kappa shape index (κ2) is 10.9. The van der Waals surface area contributed by atoms with E-state index in [1.165, 1.54) is 16.7 Å². The van der Waals surface area contributed by atoms with Gasteiger partial charge in [0.2, 0.25) is 12.5 Å². The molecule has 8 rings (SSSR count). The molecule has 2 unspecified atom stereocenters. The maximum Gasteiger partial charge on any atom is 0.231 e. The van der Waals surface area contributed by atoms with Crippen LogP contribution in [0.3, 0.4) is 0 Å². The molecule has 1 N–H and O–H groups in total. The Bertz CT molecular complexity index is 1750. The summed E-state index contributed by atoms with van der Waals surface area (Å²) >= 11 is 0. The van der Waals surface area contributed by atoms with Gasteiger partial charge in [-0.2, -0.15) is 0 Å². The summed E-state index contributed by atoms with van der Waals surface area (Å²) in [4.78, 5) is 2.42.